The number of anilines is 4. The predicted molar refractivity (Wildman–Crippen MR) is 107 cm³/mol. The van der Waals surface area contributed by atoms with E-state index in [-0.39, 0.29) is 11.9 Å². The number of carbonyl (C=O) groups excluding carboxylic acids is 1. The Labute approximate surface area is 162 Å². The van der Waals surface area contributed by atoms with Gasteiger partial charge in [0.15, 0.2) is 11.6 Å². The zero-order chi connectivity index (χ0) is 18.8. The molecule has 27 heavy (non-hydrogen) atoms. The van der Waals surface area contributed by atoms with Crippen molar-refractivity contribution in [3.8, 4) is 0 Å². The Morgan fingerprint density at radius 2 is 2.04 bits per heavy atom. The minimum Gasteiger partial charge on any atom is -0.356 e. The average Bonchev–Trinajstić information content (AvgIpc) is 3.12. The third kappa shape index (κ3) is 4.02. The van der Waals surface area contributed by atoms with E-state index in [1.807, 2.05) is 0 Å². The number of rotatable bonds is 5. The van der Waals surface area contributed by atoms with Crippen molar-refractivity contribution in [2.24, 2.45) is 5.92 Å². The van der Waals surface area contributed by atoms with Crippen molar-refractivity contribution >= 4 is 39.7 Å². The predicted octanol–water partition coefficient (Wildman–Crippen LogP) is 3.90. The van der Waals surface area contributed by atoms with Gasteiger partial charge < -0.3 is 16.0 Å². The summed E-state index contributed by atoms with van der Waals surface area (Å²) >= 11 is 1.57. The molecule has 4 rings (SSSR count). The fourth-order valence-electron chi connectivity index (χ4n) is 3.69. The van der Waals surface area contributed by atoms with Gasteiger partial charge in [0.25, 0.3) is 0 Å². The molecule has 1 atom stereocenters. The van der Waals surface area contributed by atoms with Gasteiger partial charge in [0, 0.05) is 5.92 Å². The van der Waals surface area contributed by atoms with Gasteiger partial charge in [0.2, 0.25) is 11.0 Å². The first-order valence-corrected chi connectivity index (χ1v) is 10.4. The fraction of sp³-hybridized carbons (Fsp3) is 0.611. The number of nitrogens with zero attached hydrogens (tertiary/aromatic N) is 4. The van der Waals surface area contributed by atoms with Gasteiger partial charge in [-0.25, -0.2) is 9.97 Å². The summed E-state index contributed by atoms with van der Waals surface area (Å²) in [5.41, 5.74) is 0.567. The zero-order valence-electron chi connectivity index (χ0n) is 15.7. The molecule has 0 aromatic carbocycles. The van der Waals surface area contributed by atoms with Crippen LogP contribution < -0.4 is 16.0 Å². The first-order valence-electron chi connectivity index (χ1n) is 9.63. The van der Waals surface area contributed by atoms with Crippen molar-refractivity contribution in [1.29, 1.82) is 0 Å². The highest BCUT2D eigenvalue weighted by atomic mass is 32.1. The molecule has 0 bridgehead atoms. The first-order chi connectivity index (χ1) is 13.1. The van der Waals surface area contributed by atoms with E-state index < -0.39 is 0 Å². The van der Waals surface area contributed by atoms with Crippen molar-refractivity contribution in [2.45, 2.75) is 64.3 Å². The van der Waals surface area contributed by atoms with Gasteiger partial charge in [-0.2, -0.15) is 0 Å². The van der Waals surface area contributed by atoms with Crippen LogP contribution in [0.2, 0.25) is 0 Å². The Hall–Kier alpha value is -2.29. The minimum atomic E-state index is -0.278. The van der Waals surface area contributed by atoms with Crippen LogP contribution in [0, 0.1) is 5.92 Å². The molecule has 2 aliphatic rings. The summed E-state index contributed by atoms with van der Waals surface area (Å²) in [5, 5.41) is 19.8. The van der Waals surface area contributed by atoms with Crippen LogP contribution in [0.5, 0.6) is 0 Å². The normalized spacial score (nSPS) is 20.1. The smallest absolute Gasteiger partial charge is 0.247 e. The van der Waals surface area contributed by atoms with Gasteiger partial charge in [-0.15, -0.1) is 10.2 Å². The number of hydrogen-bond acceptors (Lipinski definition) is 8. The highest BCUT2D eigenvalue weighted by Gasteiger charge is 2.29. The van der Waals surface area contributed by atoms with Gasteiger partial charge >= 0.3 is 0 Å². The topological polar surface area (TPSA) is 105 Å². The van der Waals surface area contributed by atoms with Crippen LogP contribution >= 0.6 is 11.3 Å². The van der Waals surface area contributed by atoms with Gasteiger partial charge in [-0.05, 0) is 25.2 Å². The second-order valence-corrected chi connectivity index (χ2v) is 8.68. The highest BCUT2D eigenvalue weighted by Crippen LogP contribution is 2.37. The SMILES string of the molecule is CC(C)CC1Nc2ncnc(Nc3nnc(C4CCCCC4)s3)c2NC1=O. The molecule has 3 N–H and O–H groups in total. The summed E-state index contributed by atoms with van der Waals surface area (Å²) in [6.45, 7) is 4.19. The van der Waals surface area contributed by atoms with Crippen LogP contribution in [0.3, 0.4) is 0 Å². The molecule has 8 nitrogen and oxygen atoms in total. The molecule has 1 saturated carbocycles. The Bertz CT molecular complexity index is 816. The molecule has 9 heteroatoms. The summed E-state index contributed by atoms with van der Waals surface area (Å²) in [4.78, 5) is 21.0. The molecule has 0 radical (unpaired) electrons. The van der Waals surface area contributed by atoms with E-state index in [1.165, 1.54) is 38.4 Å². The molecule has 1 fully saturated rings. The summed E-state index contributed by atoms with van der Waals surface area (Å²) < 4.78 is 0. The van der Waals surface area contributed by atoms with Gasteiger partial charge in [0.1, 0.15) is 23.1 Å². The molecule has 1 aliphatic heterocycles. The maximum atomic E-state index is 12.4. The number of aromatic nitrogens is 4. The zero-order valence-corrected chi connectivity index (χ0v) is 16.5. The van der Waals surface area contributed by atoms with E-state index in [0.717, 1.165) is 11.4 Å². The average molecular weight is 388 g/mol. The van der Waals surface area contributed by atoms with Gasteiger partial charge in [0.05, 0.1) is 0 Å². The maximum Gasteiger partial charge on any atom is 0.247 e. The molecular formula is C18H25N7OS. The lowest BCUT2D eigenvalue weighted by Gasteiger charge is -2.27. The Kier molecular flexibility index (Phi) is 5.20. The molecule has 2 aromatic rings. The van der Waals surface area contributed by atoms with Crippen molar-refractivity contribution < 1.29 is 4.79 Å². The number of hydrogen-bond donors (Lipinski definition) is 3. The van der Waals surface area contributed by atoms with E-state index in [1.54, 1.807) is 11.3 Å². The van der Waals surface area contributed by atoms with E-state index in [0.29, 0.717) is 34.3 Å². The largest absolute Gasteiger partial charge is 0.356 e. The summed E-state index contributed by atoms with van der Waals surface area (Å²) in [6.07, 6.45) is 8.46. The Morgan fingerprint density at radius 3 is 2.81 bits per heavy atom. The molecule has 144 valence electrons. The molecule has 2 aromatic heterocycles. The van der Waals surface area contributed by atoms with Gasteiger partial charge in [-0.3, -0.25) is 4.79 Å². The summed E-state index contributed by atoms with van der Waals surface area (Å²) in [6, 6.07) is -0.278. The van der Waals surface area contributed by atoms with E-state index >= 15 is 0 Å². The first kappa shape index (κ1) is 18.1. The van der Waals surface area contributed by atoms with Crippen molar-refractivity contribution in [1.82, 2.24) is 20.2 Å². The molecule has 1 unspecified atom stereocenters. The minimum absolute atomic E-state index is 0.0609. The van der Waals surface area contributed by atoms with Crippen LogP contribution in [0.1, 0.15) is 63.3 Å². The number of carbonyl (C=O) groups is 1. The van der Waals surface area contributed by atoms with E-state index in [4.69, 9.17) is 0 Å². The lowest BCUT2D eigenvalue weighted by molar-refractivity contribution is -0.117. The van der Waals surface area contributed by atoms with E-state index in [2.05, 4.69) is 50.0 Å². The number of fused-ring (bicyclic) bond motifs is 1. The third-order valence-corrected chi connectivity index (χ3v) is 6.05. The monoisotopic (exact) mass is 387 g/mol. The maximum absolute atomic E-state index is 12.4. The molecule has 3 heterocycles. The van der Waals surface area contributed by atoms with E-state index in [9.17, 15) is 4.79 Å². The van der Waals surface area contributed by atoms with Crippen molar-refractivity contribution in [3.05, 3.63) is 11.3 Å². The Morgan fingerprint density at radius 1 is 1.22 bits per heavy atom. The molecule has 0 spiro atoms. The van der Waals surface area contributed by atoms with Crippen molar-refractivity contribution in [3.63, 3.8) is 0 Å². The van der Waals surface area contributed by atoms with Crippen LogP contribution in [-0.2, 0) is 4.79 Å². The van der Waals surface area contributed by atoms with Crippen LogP contribution in [0.25, 0.3) is 0 Å². The molecule has 0 saturated heterocycles. The second-order valence-electron chi connectivity index (χ2n) is 7.67. The third-order valence-electron chi connectivity index (χ3n) is 5.05. The lowest BCUT2D eigenvalue weighted by Crippen LogP contribution is -2.40. The van der Waals surface area contributed by atoms with Crippen molar-refractivity contribution in [2.75, 3.05) is 16.0 Å². The molecule has 1 amide bonds. The summed E-state index contributed by atoms with van der Waals surface area (Å²) in [5.74, 6) is 2.04. The fourth-order valence-corrected chi connectivity index (χ4v) is 4.60. The summed E-state index contributed by atoms with van der Waals surface area (Å²) in [7, 11) is 0. The molecule has 1 aliphatic carbocycles. The Balaban J connectivity index is 1.51. The van der Waals surface area contributed by atoms with Gasteiger partial charge in [-0.1, -0.05) is 44.4 Å². The lowest BCUT2D eigenvalue weighted by atomic mass is 9.90. The van der Waals surface area contributed by atoms with Crippen LogP contribution in [-0.4, -0.2) is 32.1 Å². The van der Waals surface area contributed by atoms with Crippen LogP contribution in [0.4, 0.5) is 22.5 Å². The quantitative estimate of drug-likeness (QED) is 0.714. The number of nitrogens with one attached hydrogen (secondary N) is 3. The second kappa shape index (κ2) is 7.75. The highest BCUT2D eigenvalue weighted by molar-refractivity contribution is 7.15. The number of amides is 1. The van der Waals surface area contributed by atoms with Crippen LogP contribution in [0.15, 0.2) is 6.33 Å². The standard InChI is InChI=1S/C18H25N7OS/c1-10(2)8-12-16(26)22-13-14(21-12)19-9-20-15(13)23-18-25-24-17(27-18)11-6-4-3-5-7-11/h9-12H,3-8H2,1-2H3,(H,22,26)(H2,19,20,21,23,25). The molecular weight excluding hydrogens is 362 g/mol.